The van der Waals surface area contributed by atoms with Gasteiger partial charge in [-0.25, -0.2) is 0 Å². The van der Waals surface area contributed by atoms with Gasteiger partial charge in [-0.1, -0.05) is 15.9 Å². The predicted octanol–water partition coefficient (Wildman–Crippen LogP) is 3.27. The summed E-state index contributed by atoms with van der Waals surface area (Å²) >= 11 is 3.47. The third kappa shape index (κ3) is 3.96. The molecule has 1 aromatic heterocycles. The Morgan fingerprint density at radius 2 is 1.71 bits per heavy atom. The number of aryl methyl sites for hydroxylation is 1. The van der Waals surface area contributed by atoms with Gasteiger partial charge in [-0.3, -0.25) is 14.5 Å². The van der Waals surface area contributed by atoms with Gasteiger partial charge in [-0.05, 0) is 44.4 Å². The van der Waals surface area contributed by atoms with Gasteiger partial charge in [0.25, 0.3) is 5.91 Å². The van der Waals surface area contributed by atoms with Gasteiger partial charge in [-0.2, -0.15) is 0 Å². The normalized spacial score (nSPS) is 18.6. The van der Waals surface area contributed by atoms with Crippen LogP contribution >= 0.6 is 15.9 Å². The number of benzene rings is 1. The lowest BCUT2D eigenvalue weighted by Crippen LogP contribution is -2.52. The van der Waals surface area contributed by atoms with Crippen LogP contribution in [0.2, 0.25) is 0 Å². The van der Waals surface area contributed by atoms with E-state index in [1.165, 1.54) is 6.42 Å². The van der Waals surface area contributed by atoms with E-state index in [1.807, 2.05) is 34.9 Å². The Kier molecular flexibility index (Phi) is 5.73. The molecular weight excluding hydrogens is 422 g/mol. The van der Waals surface area contributed by atoms with Crippen LogP contribution in [0.15, 0.2) is 27.1 Å². The molecule has 0 spiro atoms. The molecule has 2 aliphatic heterocycles. The molecule has 2 aromatic rings. The van der Waals surface area contributed by atoms with Crippen LogP contribution in [-0.2, 0) is 4.79 Å². The Morgan fingerprint density at radius 1 is 1.00 bits per heavy atom. The van der Waals surface area contributed by atoms with E-state index in [4.69, 9.17) is 4.42 Å². The second kappa shape index (κ2) is 8.25. The summed E-state index contributed by atoms with van der Waals surface area (Å²) in [6, 6.07) is 5.78. The number of carbonyl (C=O) groups excluding carboxylic acids is 2. The first-order valence-electron chi connectivity index (χ1n) is 10.0. The molecule has 28 heavy (non-hydrogen) atoms. The van der Waals surface area contributed by atoms with Crippen LogP contribution in [0.3, 0.4) is 0 Å². The van der Waals surface area contributed by atoms with Crippen LogP contribution in [-0.4, -0.2) is 72.3 Å². The third-order valence-electron chi connectivity index (χ3n) is 5.82. The van der Waals surface area contributed by atoms with Gasteiger partial charge in [0.2, 0.25) is 5.91 Å². The fraction of sp³-hybridized carbons (Fsp3) is 0.524. The van der Waals surface area contributed by atoms with Crippen LogP contribution in [0.1, 0.15) is 35.4 Å². The first kappa shape index (κ1) is 19.5. The maximum atomic E-state index is 13.0. The minimum absolute atomic E-state index is 0.0631. The molecule has 0 radical (unpaired) electrons. The summed E-state index contributed by atoms with van der Waals surface area (Å²) in [5, 5.41) is 0.962. The molecule has 0 bridgehead atoms. The lowest BCUT2D eigenvalue weighted by atomic mass is 10.1. The van der Waals surface area contributed by atoms with Crippen LogP contribution in [0.5, 0.6) is 0 Å². The predicted molar refractivity (Wildman–Crippen MR) is 111 cm³/mol. The van der Waals surface area contributed by atoms with Crippen molar-refractivity contribution in [3.8, 4) is 0 Å². The van der Waals surface area contributed by atoms with E-state index in [2.05, 4.69) is 20.8 Å². The summed E-state index contributed by atoms with van der Waals surface area (Å²) in [6.45, 7) is 6.83. The number of carbonyl (C=O) groups is 2. The van der Waals surface area contributed by atoms with E-state index in [1.54, 1.807) is 0 Å². The number of furan rings is 1. The number of halogens is 1. The number of amides is 2. The SMILES string of the molecule is Cc1c(C(=O)N2CCN(CC(=O)N3CCCCC3)CC2)oc2ccc(Br)cc12. The molecule has 2 amide bonds. The Balaban J connectivity index is 1.36. The van der Waals surface area contributed by atoms with Gasteiger partial charge in [0, 0.05) is 54.7 Å². The summed E-state index contributed by atoms with van der Waals surface area (Å²) < 4.78 is 6.82. The van der Waals surface area contributed by atoms with Crippen LogP contribution in [0, 0.1) is 6.92 Å². The molecular formula is C21H26BrN3O3. The topological polar surface area (TPSA) is 57.0 Å². The van der Waals surface area contributed by atoms with E-state index < -0.39 is 0 Å². The molecule has 2 saturated heterocycles. The highest BCUT2D eigenvalue weighted by Crippen LogP contribution is 2.29. The number of piperidine rings is 1. The van der Waals surface area contributed by atoms with Crippen LogP contribution in [0.25, 0.3) is 11.0 Å². The molecule has 0 aliphatic carbocycles. The number of rotatable bonds is 3. The van der Waals surface area contributed by atoms with E-state index >= 15 is 0 Å². The molecule has 0 unspecified atom stereocenters. The van der Waals surface area contributed by atoms with E-state index in [-0.39, 0.29) is 11.8 Å². The molecule has 2 aliphatic rings. The molecule has 4 rings (SSSR count). The Labute approximate surface area is 173 Å². The lowest BCUT2D eigenvalue weighted by molar-refractivity contribution is -0.133. The Hall–Kier alpha value is -1.86. The fourth-order valence-electron chi connectivity index (χ4n) is 4.08. The minimum atomic E-state index is -0.0631. The first-order valence-corrected chi connectivity index (χ1v) is 10.8. The molecule has 0 atom stereocenters. The number of fused-ring (bicyclic) bond motifs is 1. The summed E-state index contributed by atoms with van der Waals surface area (Å²) in [5.74, 6) is 0.580. The minimum Gasteiger partial charge on any atom is -0.451 e. The zero-order valence-electron chi connectivity index (χ0n) is 16.2. The Bertz CT molecular complexity index is 880. The molecule has 7 heteroatoms. The number of piperazine rings is 1. The van der Waals surface area contributed by atoms with Crippen LogP contribution < -0.4 is 0 Å². The van der Waals surface area contributed by atoms with Crippen molar-refractivity contribution in [2.45, 2.75) is 26.2 Å². The van der Waals surface area contributed by atoms with Crippen molar-refractivity contribution < 1.29 is 14.0 Å². The average molecular weight is 448 g/mol. The van der Waals surface area contributed by atoms with Crippen molar-refractivity contribution in [3.63, 3.8) is 0 Å². The summed E-state index contributed by atoms with van der Waals surface area (Å²) in [6.07, 6.45) is 3.45. The van der Waals surface area contributed by atoms with Crippen molar-refractivity contribution in [2.24, 2.45) is 0 Å². The van der Waals surface area contributed by atoms with Gasteiger partial charge in [0.1, 0.15) is 5.58 Å². The molecule has 2 fully saturated rings. The second-order valence-electron chi connectivity index (χ2n) is 7.71. The summed E-state index contributed by atoms with van der Waals surface area (Å²) in [5.41, 5.74) is 1.61. The number of nitrogens with zero attached hydrogens (tertiary/aromatic N) is 3. The summed E-state index contributed by atoms with van der Waals surface area (Å²) in [4.78, 5) is 31.4. The van der Waals surface area contributed by atoms with Gasteiger partial charge in [0.05, 0.1) is 6.54 Å². The highest BCUT2D eigenvalue weighted by atomic mass is 79.9. The van der Waals surface area contributed by atoms with Crippen molar-refractivity contribution in [2.75, 3.05) is 45.8 Å². The standard InChI is InChI=1S/C21H26BrN3O3/c1-15-17-13-16(22)5-6-18(17)28-20(15)21(27)25-11-9-23(10-12-25)14-19(26)24-7-3-2-4-8-24/h5-6,13H,2-4,7-12,14H2,1H3. The summed E-state index contributed by atoms with van der Waals surface area (Å²) in [7, 11) is 0. The molecule has 3 heterocycles. The van der Waals surface area contributed by atoms with Crippen molar-refractivity contribution in [3.05, 3.63) is 34.0 Å². The van der Waals surface area contributed by atoms with Gasteiger partial charge >= 0.3 is 0 Å². The van der Waals surface area contributed by atoms with E-state index in [9.17, 15) is 9.59 Å². The molecule has 0 N–H and O–H groups in total. The van der Waals surface area contributed by atoms with Crippen LogP contribution in [0.4, 0.5) is 0 Å². The highest BCUT2D eigenvalue weighted by molar-refractivity contribution is 9.10. The highest BCUT2D eigenvalue weighted by Gasteiger charge is 2.28. The second-order valence-corrected chi connectivity index (χ2v) is 8.62. The smallest absolute Gasteiger partial charge is 0.289 e. The van der Waals surface area contributed by atoms with Crippen molar-refractivity contribution in [1.82, 2.24) is 14.7 Å². The van der Waals surface area contributed by atoms with E-state index in [0.29, 0.717) is 25.4 Å². The maximum absolute atomic E-state index is 13.0. The van der Waals surface area contributed by atoms with Gasteiger partial charge in [0.15, 0.2) is 5.76 Å². The van der Waals surface area contributed by atoms with Gasteiger partial charge < -0.3 is 14.2 Å². The maximum Gasteiger partial charge on any atom is 0.289 e. The number of likely N-dealkylation sites (tertiary alicyclic amines) is 1. The van der Waals surface area contributed by atoms with Crippen molar-refractivity contribution >= 4 is 38.7 Å². The fourth-order valence-corrected chi connectivity index (χ4v) is 4.45. The Morgan fingerprint density at radius 3 is 2.43 bits per heavy atom. The van der Waals surface area contributed by atoms with Gasteiger partial charge in [-0.15, -0.1) is 0 Å². The zero-order chi connectivity index (χ0) is 19.7. The monoisotopic (exact) mass is 447 g/mol. The molecule has 150 valence electrons. The number of hydrogen-bond donors (Lipinski definition) is 0. The third-order valence-corrected chi connectivity index (χ3v) is 6.31. The largest absolute Gasteiger partial charge is 0.451 e. The van der Waals surface area contributed by atoms with E-state index in [0.717, 1.165) is 60.0 Å². The van der Waals surface area contributed by atoms with Crippen molar-refractivity contribution in [1.29, 1.82) is 0 Å². The lowest BCUT2D eigenvalue weighted by Gasteiger charge is -2.35. The molecule has 0 saturated carbocycles. The first-order chi connectivity index (χ1) is 13.5. The molecule has 6 nitrogen and oxygen atoms in total. The quantitative estimate of drug-likeness (QED) is 0.724. The number of hydrogen-bond acceptors (Lipinski definition) is 4. The zero-order valence-corrected chi connectivity index (χ0v) is 17.8. The average Bonchev–Trinajstić information content (AvgIpc) is 3.04. The molecule has 1 aromatic carbocycles.